The maximum Gasteiger partial charge on any atom is 0.230 e. The smallest absolute Gasteiger partial charge is 0.230 e. The largest absolute Gasteiger partial charge is 0.310 e. The van der Waals surface area contributed by atoms with Crippen molar-refractivity contribution in [2.45, 2.75) is 6.42 Å². The van der Waals surface area contributed by atoms with E-state index < -0.39 is 17.5 Å². The molecule has 0 atom stereocenters. The summed E-state index contributed by atoms with van der Waals surface area (Å²) in [5, 5.41) is 7.26. The minimum absolute atomic E-state index is 0.0520. The second kappa shape index (κ2) is 8.43. The summed E-state index contributed by atoms with van der Waals surface area (Å²) < 4.78 is 42.3. The van der Waals surface area contributed by atoms with Crippen LogP contribution in [0.1, 0.15) is 5.56 Å². The van der Waals surface area contributed by atoms with Crippen LogP contribution in [0.15, 0.2) is 67.0 Å². The van der Waals surface area contributed by atoms with Crippen LogP contribution < -0.4 is 5.32 Å². The Morgan fingerprint density at radius 2 is 1.61 bits per heavy atom. The second-order valence-electron chi connectivity index (χ2n) is 6.90. The van der Waals surface area contributed by atoms with Crippen molar-refractivity contribution in [2.75, 3.05) is 5.32 Å². The van der Waals surface area contributed by atoms with E-state index in [-0.39, 0.29) is 17.8 Å². The van der Waals surface area contributed by atoms with Crippen LogP contribution in [0.3, 0.4) is 0 Å². The maximum absolute atomic E-state index is 13.9. The van der Waals surface area contributed by atoms with Crippen LogP contribution in [-0.2, 0) is 18.3 Å². The van der Waals surface area contributed by atoms with E-state index in [0.29, 0.717) is 22.6 Å². The number of aryl methyl sites for hydroxylation is 1. The molecular weight excluding hydrogens is 405 g/mol. The number of carbonyl (C=O) groups excluding carboxylic acids is 1. The van der Waals surface area contributed by atoms with Gasteiger partial charge >= 0.3 is 0 Å². The fraction of sp³-hybridized carbons (Fsp3) is 0.0870. The van der Waals surface area contributed by atoms with Gasteiger partial charge in [0.15, 0.2) is 0 Å². The predicted molar refractivity (Wildman–Crippen MR) is 111 cm³/mol. The number of nitrogens with one attached hydrogen (secondary N) is 1. The lowest BCUT2D eigenvalue weighted by atomic mass is 10.0. The van der Waals surface area contributed by atoms with Crippen LogP contribution in [0.2, 0.25) is 0 Å². The van der Waals surface area contributed by atoms with E-state index in [9.17, 15) is 18.0 Å². The van der Waals surface area contributed by atoms with E-state index in [1.165, 1.54) is 16.8 Å². The average Bonchev–Trinajstić information content (AvgIpc) is 3.08. The number of aromatic nitrogens is 3. The quantitative estimate of drug-likeness (QED) is 0.505. The number of pyridine rings is 1. The van der Waals surface area contributed by atoms with Gasteiger partial charge < -0.3 is 5.32 Å². The highest BCUT2D eigenvalue weighted by Gasteiger charge is 2.21. The first-order chi connectivity index (χ1) is 14.9. The molecule has 0 saturated heterocycles. The highest BCUT2D eigenvalue weighted by molar-refractivity contribution is 5.99. The van der Waals surface area contributed by atoms with Gasteiger partial charge in [0.2, 0.25) is 5.91 Å². The van der Waals surface area contributed by atoms with E-state index in [1.54, 1.807) is 43.7 Å². The Morgan fingerprint density at radius 3 is 2.32 bits per heavy atom. The molecule has 1 N–H and O–H groups in total. The highest BCUT2D eigenvalue weighted by atomic mass is 19.1. The first-order valence-electron chi connectivity index (χ1n) is 9.39. The molecule has 0 aliphatic rings. The lowest BCUT2D eigenvalue weighted by molar-refractivity contribution is -0.115. The Hall–Kier alpha value is -3.94. The second-order valence-corrected chi connectivity index (χ2v) is 6.90. The number of halogens is 3. The lowest BCUT2D eigenvalue weighted by Crippen LogP contribution is -2.18. The molecule has 0 radical (unpaired) electrons. The number of hydrogen-bond donors (Lipinski definition) is 1. The number of benzene rings is 2. The van der Waals surface area contributed by atoms with Crippen LogP contribution in [-0.4, -0.2) is 20.7 Å². The van der Waals surface area contributed by atoms with Crippen molar-refractivity contribution >= 4 is 11.7 Å². The van der Waals surface area contributed by atoms with Crippen molar-refractivity contribution < 1.29 is 18.0 Å². The Labute approximate surface area is 176 Å². The van der Waals surface area contributed by atoms with Gasteiger partial charge in [-0.05, 0) is 60.2 Å². The van der Waals surface area contributed by atoms with Crippen LogP contribution >= 0.6 is 0 Å². The van der Waals surface area contributed by atoms with Crippen molar-refractivity contribution in [3.63, 3.8) is 0 Å². The lowest BCUT2D eigenvalue weighted by Gasteiger charge is -2.10. The first-order valence-corrected chi connectivity index (χ1v) is 9.39. The molecule has 31 heavy (non-hydrogen) atoms. The molecule has 8 heteroatoms. The monoisotopic (exact) mass is 422 g/mol. The molecule has 0 aliphatic heterocycles. The Kier molecular flexibility index (Phi) is 5.53. The van der Waals surface area contributed by atoms with Gasteiger partial charge in [0.25, 0.3) is 0 Å². The molecule has 0 aliphatic carbocycles. The number of amides is 1. The standard InChI is InChI=1S/C23H17F3N4O/c1-30-23(28-20(31)13-16-12-18(25)6-7-19(16)26)21(14-8-10-27-11-9-14)22(29-30)15-2-4-17(24)5-3-15/h2-12H,13H2,1H3,(H,28,31). The normalized spacial score (nSPS) is 10.8. The van der Waals surface area contributed by atoms with Gasteiger partial charge in [-0.15, -0.1) is 0 Å². The van der Waals surface area contributed by atoms with Gasteiger partial charge in [-0.25, -0.2) is 13.2 Å². The summed E-state index contributed by atoms with van der Waals surface area (Å²) >= 11 is 0. The van der Waals surface area contributed by atoms with Crippen molar-refractivity contribution in [3.8, 4) is 22.4 Å². The van der Waals surface area contributed by atoms with Crippen LogP contribution in [0.5, 0.6) is 0 Å². The first kappa shape index (κ1) is 20.3. The third kappa shape index (κ3) is 4.32. The Morgan fingerprint density at radius 1 is 0.935 bits per heavy atom. The molecule has 4 aromatic rings. The third-order valence-corrected chi connectivity index (χ3v) is 4.75. The molecule has 0 saturated carbocycles. The third-order valence-electron chi connectivity index (χ3n) is 4.75. The van der Waals surface area contributed by atoms with Crippen LogP contribution in [0, 0.1) is 17.5 Å². The minimum Gasteiger partial charge on any atom is -0.310 e. The molecular formula is C23H17F3N4O. The van der Waals surface area contributed by atoms with Gasteiger partial charge in [0, 0.05) is 30.6 Å². The van der Waals surface area contributed by atoms with Crippen molar-refractivity contribution in [2.24, 2.45) is 7.05 Å². The summed E-state index contributed by atoms with van der Waals surface area (Å²) in [6.45, 7) is 0. The van der Waals surface area contributed by atoms with Crippen molar-refractivity contribution in [1.29, 1.82) is 0 Å². The summed E-state index contributed by atoms with van der Waals surface area (Å²) in [4.78, 5) is 16.7. The summed E-state index contributed by atoms with van der Waals surface area (Å²) in [7, 11) is 1.65. The maximum atomic E-state index is 13.9. The zero-order valence-electron chi connectivity index (χ0n) is 16.4. The number of carbonyl (C=O) groups is 1. The van der Waals surface area contributed by atoms with Gasteiger partial charge in [0.05, 0.1) is 12.0 Å². The van der Waals surface area contributed by atoms with Crippen molar-refractivity contribution in [1.82, 2.24) is 14.8 Å². The van der Waals surface area contributed by atoms with Crippen LogP contribution in [0.25, 0.3) is 22.4 Å². The fourth-order valence-corrected chi connectivity index (χ4v) is 3.30. The molecule has 156 valence electrons. The van der Waals surface area contributed by atoms with Gasteiger partial charge in [-0.1, -0.05) is 0 Å². The topological polar surface area (TPSA) is 59.8 Å². The molecule has 2 heterocycles. The number of nitrogens with zero attached hydrogens (tertiary/aromatic N) is 3. The van der Waals surface area contributed by atoms with E-state index in [4.69, 9.17) is 0 Å². The minimum atomic E-state index is -0.664. The molecule has 2 aromatic carbocycles. The molecule has 0 fully saturated rings. The number of anilines is 1. The number of hydrogen-bond acceptors (Lipinski definition) is 3. The molecule has 2 aromatic heterocycles. The Bertz CT molecular complexity index is 1240. The van der Waals surface area contributed by atoms with Crippen molar-refractivity contribution in [3.05, 3.63) is 90.0 Å². The van der Waals surface area contributed by atoms with Crippen LogP contribution in [0.4, 0.5) is 19.0 Å². The Balaban J connectivity index is 1.74. The van der Waals surface area contributed by atoms with Gasteiger partial charge in [0.1, 0.15) is 29.0 Å². The molecule has 0 bridgehead atoms. The molecule has 0 spiro atoms. The van der Waals surface area contributed by atoms with E-state index in [1.807, 2.05) is 0 Å². The zero-order valence-corrected chi connectivity index (χ0v) is 16.4. The summed E-state index contributed by atoms with van der Waals surface area (Å²) in [5.74, 6) is -1.83. The number of rotatable bonds is 5. The van der Waals surface area contributed by atoms with E-state index in [0.717, 1.165) is 23.8 Å². The molecule has 0 unspecified atom stereocenters. The molecule has 4 rings (SSSR count). The zero-order chi connectivity index (χ0) is 22.0. The highest BCUT2D eigenvalue weighted by Crippen LogP contribution is 2.37. The fourth-order valence-electron chi connectivity index (χ4n) is 3.30. The molecule has 5 nitrogen and oxygen atoms in total. The summed E-state index contributed by atoms with van der Waals surface area (Å²) in [6.07, 6.45) is 2.85. The van der Waals surface area contributed by atoms with E-state index in [2.05, 4.69) is 15.4 Å². The van der Waals surface area contributed by atoms with E-state index >= 15 is 0 Å². The predicted octanol–water partition coefficient (Wildman–Crippen LogP) is 4.75. The SMILES string of the molecule is Cn1nc(-c2ccc(F)cc2)c(-c2ccncc2)c1NC(=O)Cc1cc(F)ccc1F. The van der Waals surface area contributed by atoms with Gasteiger partial charge in [-0.3, -0.25) is 14.5 Å². The summed E-state index contributed by atoms with van der Waals surface area (Å²) in [6, 6.07) is 12.3. The van der Waals surface area contributed by atoms with Gasteiger partial charge in [-0.2, -0.15) is 5.10 Å². The average molecular weight is 422 g/mol. The molecule has 1 amide bonds. The summed E-state index contributed by atoms with van der Waals surface area (Å²) in [5.41, 5.74) is 2.46.